The predicted molar refractivity (Wildman–Crippen MR) is 77.8 cm³/mol. The quantitative estimate of drug-likeness (QED) is 0.833. The van der Waals surface area contributed by atoms with Crippen molar-refractivity contribution in [3.8, 4) is 5.75 Å². The molecule has 3 N–H and O–H groups in total. The van der Waals surface area contributed by atoms with Crippen LogP contribution < -0.4 is 15.8 Å². The zero-order valence-electron chi connectivity index (χ0n) is 11.9. The summed E-state index contributed by atoms with van der Waals surface area (Å²) < 4.78 is 11.0. The van der Waals surface area contributed by atoms with Crippen molar-refractivity contribution in [3.05, 3.63) is 24.3 Å². The lowest BCUT2D eigenvalue weighted by molar-refractivity contribution is -0.127. The maximum absolute atomic E-state index is 12.0. The first-order valence-electron chi connectivity index (χ1n) is 6.96. The first-order chi connectivity index (χ1) is 9.69. The van der Waals surface area contributed by atoms with Gasteiger partial charge in [0.15, 0.2) is 0 Å². The number of hydrogen-bond acceptors (Lipinski definition) is 4. The molecule has 5 nitrogen and oxygen atoms in total. The molecule has 1 fully saturated rings. The molecule has 1 aliphatic rings. The second-order valence-electron chi connectivity index (χ2n) is 5.13. The normalized spacial score (nSPS) is 16.9. The Balaban J connectivity index is 1.89. The third kappa shape index (κ3) is 3.49. The zero-order chi connectivity index (χ0) is 14.4. The molecule has 0 atom stereocenters. The Labute approximate surface area is 119 Å². The highest BCUT2D eigenvalue weighted by Gasteiger charge is 2.33. The summed E-state index contributed by atoms with van der Waals surface area (Å²) in [6.07, 6.45) is 4.10. The van der Waals surface area contributed by atoms with E-state index in [4.69, 9.17) is 15.2 Å². The van der Waals surface area contributed by atoms with Gasteiger partial charge in [-0.15, -0.1) is 0 Å². The average Bonchev–Trinajstić information content (AvgIpc) is 2.95. The van der Waals surface area contributed by atoms with E-state index >= 15 is 0 Å². The maximum Gasteiger partial charge on any atom is 0.250 e. The van der Waals surface area contributed by atoms with Crippen LogP contribution in [0.5, 0.6) is 5.75 Å². The molecule has 0 saturated heterocycles. The Bertz CT molecular complexity index is 456. The summed E-state index contributed by atoms with van der Waals surface area (Å²) in [6.45, 7) is 0.490. The molecule has 0 spiro atoms. The predicted octanol–water partition coefficient (Wildman–Crippen LogP) is 1.92. The Morgan fingerprint density at radius 1 is 1.35 bits per heavy atom. The van der Waals surface area contributed by atoms with Crippen LogP contribution in [0.4, 0.5) is 5.69 Å². The van der Waals surface area contributed by atoms with Crippen LogP contribution in [0.15, 0.2) is 24.3 Å². The number of carbonyl (C=O) groups is 1. The number of hydrogen-bond donors (Lipinski definition) is 2. The number of ether oxygens (including phenoxy) is 2. The lowest BCUT2D eigenvalue weighted by atomic mass is 10.0. The van der Waals surface area contributed by atoms with Gasteiger partial charge in [-0.2, -0.15) is 0 Å². The topological polar surface area (TPSA) is 73.6 Å². The number of nitrogens with one attached hydrogen (secondary N) is 1. The number of methoxy groups -OCH3 is 1. The van der Waals surface area contributed by atoms with E-state index in [1.165, 1.54) is 0 Å². The van der Waals surface area contributed by atoms with Gasteiger partial charge in [-0.1, -0.05) is 25.0 Å². The molecule has 0 aliphatic heterocycles. The van der Waals surface area contributed by atoms with Crippen molar-refractivity contribution < 1.29 is 14.3 Å². The fourth-order valence-electron chi connectivity index (χ4n) is 2.58. The second-order valence-corrected chi connectivity index (χ2v) is 5.13. The molecular formula is C15H22N2O3. The van der Waals surface area contributed by atoms with Gasteiger partial charge >= 0.3 is 0 Å². The van der Waals surface area contributed by atoms with Crippen molar-refractivity contribution in [3.63, 3.8) is 0 Å². The number of rotatable bonds is 6. The first kappa shape index (κ1) is 14.8. The van der Waals surface area contributed by atoms with Gasteiger partial charge in [0.1, 0.15) is 12.4 Å². The minimum atomic E-state index is -0.307. The molecule has 1 saturated carbocycles. The third-order valence-corrected chi connectivity index (χ3v) is 3.78. The molecule has 0 heterocycles. The zero-order valence-corrected chi connectivity index (χ0v) is 11.9. The fraction of sp³-hybridized carbons (Fsp3) is 0.533. The molecule has 0 radical (unpaired) electrons. The molecule has 2 rings (SSSR count). The molecule has 1 aromatic carbocycles. The molecular weight excluding hydrogens is 256 g/mol. The summed E-state index contributed by atoms with van der Waals surface area (Å²) >= 11 is 0. The fourth-order valence-corrected chi connectivity index (χ4v) is 2.58. The van der Waals surface area contributed by atoms with Gasteiger partial charge in [0.25, 0.3) is 5.91 Å². The number of nitrogens with two attached hydrogens (primary N) is 1. The van der Waals surface area contributed by atoms with Crippen molar-refractivity contribution >= 4 is 11.6 Å². The number of carbonyl (C=O) groups excluding carboxylic acids is 1. The van der Waals surface area contributed by atoms with Crippen LogP contribution in [0.2, 0.25) is 0 Å². The average molecular weight is 278 g/mol. The van der Waals surface area contributed by atoms with E-state index in [9.17, 15) is 4.79 Å². The summed E-state index contributed by atoms with van der Waals surface area (Å²) in [6, 6.07) is 7.30. The lowest BCUT2D eigenvalue weighted by Crippen LogP contribution is -2.40. The summed E-state index contributed by atoms with van der Waals surface area (Å²) in [5, 5.41) is 2.80. The molecule has 0 unspecified atom stereocenters. The molecule has 1 amide bonds. The van der Waals surface area contributed by atoms with Crippen molar-refractivity contribution in [2.24, 2.45) is 5.73 Å². The lowest BCUT2D eigenvalue weighted by Gasteiger charge is -2.27. The van der Waals surface area contributed by atoms with Crippen LogP contribution in [0, 0.1) is 0 Å². The maximum atomic E-state index is 12.0. The molecule has 0 bridgehead atoms. The molecule has 1 aliphatic carbocycles. The van der Waals surface area contributed by atoms with Gasteiger partial charge in [0.2, 0.25) is 0 Å². The van der Waals surface area contributed by atoms with E-state index in [-0.39, 0.29) is 18.1 Å². The Morgan fingerprint density at radius 3 is 2.70 bits per heavy atom. The highest BCUT2D eigenvalue weighted by molar-refractivity contribution is 5.93. The smallest absolute Gasteiger partial charge is 0.250 e. The van der Waals surface area contributed by atoms with Crippen LogP contribution in [0.25, 0.3) is 0 Å². The number of amides is 1. The summed E-state index contributed by atoms with van der Waals surface area (Å²) in [7, 11) is 1.57. The van der Waals surface area contributed by atoms with Gasteiger partial charge in [0, 0.05) is 6.54 Å². The Hall–Kier alpha value is -1.59. The van der Waals surface area contributed by atoms with E-state index in [1.807, 2.05) is 12.1 Å². The molecule has 5 heteroatoms. The SMILES string of the molecule is COc1ccccc1NC(=O)COC1(CN)CCCC1. The minimum Gasteiger partial charge on any atom is -0.495 e. The number of benzene rings is 1. The summed E-state index contributed by atoms with van der Waals surface area (Å²) in [5.74, 6) is 0.449. The highest BCUT2D eigenvalue weighted by atomic mass is 16.5. The van der Waals surface area contributed by atoms with Gasteiger partial charge in [-0.05, 0) is 25.0 Å². The molecule has 0 aromatic heterocycles. The molecule has 110 valence electrons. The van der Waals surface area contributed by atoms with Gasteiger partial charge in [-0.3, -0.25) is 4.79 Å². The van der Waals surface area contributed by atoms with Crippen molar-refractivity contribution in [2.45, 2.75) is 31.3 Å². The van der Waals surface area contributed by atoms with E-state index in [0.29, 0.717) is 18.0 Å². The first-order valence-corrected chi connectivity index (χ1v) is 6.96. The van der Waals surface area contributed by atoms with E-state index < -0.39 is 0 Å². The van der Waals surface area contributed by atoms with Crippen LogP contribution in [-0.2, 0) is 9.53 Å². The van der Waals surface area contributed by atoms with Crippen LogP contribution in [0.3, 0.4) is 0 Å². The van der Waals surface area contributed by atoms with Crippen LogP contribution in [-0.4, -0.2) is 31.8 Å². The van der Waals surface area contributed by atoms with Crippen molar-refractivity contribution in [1.29, 1.82) is 0 Å². The minimum absolute atomic E-state index is 0.0231. The van der Waals surface area contributed by atoms with E-state index in [1.54, 1.807) is 19.2 Å². The molecule has 1 aromatic rings. The standard InChI is InChI=1S/C15H22N2O3/c1-19-13-7-3-2-6-12(13)17-14(18)10-20-15(11-16)8-4-5-9-15/h2-3,6-7H,4-5,8-11,16H2,1H3,(H,17,18). The van der Waals surface area contributed by atoms with Crippen molar-refractivity contribution in [2.75, 3.05) is 25.6 Å². The second kappa shape index (κ2) is 6.72. The Kier molecular flexibility index (Phi) is 4.98. The monoisotopic (exact) mass is 278 g/mol. The number of para-hydroxylation sites is 2. The number of anilines is 1. The molecule has 20 heavy (non-hydrogen) atoms. The summed E-state index contributed by atoms with van der Waals surface area (Å²) in [4.78, 5) is 12.0. The van der Waals surface area contributed by atoms with E-state index in [2.05, 4.69) is 5.32 Å². The van der Waals surface area contributed by atoms with Gasteiger partial charge in [-0.25, -0.2) is 0 Å². The van der Waals surface area contributed by atoms with E-state index in [0.717, 1.165) is 25.7 Å². The van der Waals surface area contributed by atoms with Crippen LogP contribution in [0.1, 0.15) is 25.7 Å². The van der Waals surface area contributed by atoms with Crippen molar-refractivity contribution in [1.82, 2.24) is 0 Å². The van der Waals surface area contributed by atoms with Crippen LogP contribution >= 0.6 is 0 Å². The Morgan fingerprint density at radius 2 is 2.05 bits per heavy atom. The highest BCUT2D eigenvalue weighted by Crippen LogP contribution is 2.32. The summed E-state index contributed by atoms with van der Waals surface area (Å²) in [5.41, 5.74) is 6.12. The largest absolute Gasteiger partial charge is 0.495 e. The third-order valence-electron chi connectivity index (χ3n) is 3.78. The van der Waals surface area contributed by atoms with Gasteiger partial charge < -0.3 is 20.5 Å². The van der Waals surface area contributed by atoms with Gasteiger partial charge in [0.05, 0.1) is 18.4 Å².